The van der Waals surface area contributed by atoms with Crippen molar-refractivity contribution in [3.8, 4) is 5.75 Å². The van der Waals surface area contributed by atoms with Crippen molar-refractivity contribution in [1.82, 2.24) is 4.98 Å². The van der Waals surface area contributed by atoms with Crippen LogP contribution in [0.4, 0.5) is 0 Å². The highest BCUT2D eigenvalue weighted by Crippen LogP contribution is 2.26. The molecule has 0 saturated heterocycles. The highest BCUT2D eigenvalue weighted by atomic mass is 16.3. The molecule has 100 valence electrons. The summed E-state index contributed by atoms with van der Waals surface area (Å²) >= 11 is 0. The Morgan fingerprint density at radius 3 is 1.59 bits per heavy atom. The van der Waals surface area contributed by atoms with Gasteiger partial charge in [0, 0.05) is 11.3 Å². The summed E-state index contributed by atoms with van der Waals surface area (Å²) in [5, 5.41) is 9.77. The quantitative estimate of drug-likeness (QED) is 0.819. The second-order valence-corrected chi connectivity index (χ2v) is 3.30. The molecule has 1 heterocycles. The summed E-state index contributed by atoms with van der Waals surface area (Å²) in [7, 11) is 0. The van der Waals surface area contributed by atoms with Crippen molar-refractivity contribution >= 4 is 0 Å². The van der Waals surface area contributed by atoms with Crippen LogP contribution in [0.25, 0.3) is 0 Å². The number of rotatable bonds is 2. The fourth-order valence-corrected chi connectivity index (χ4v) is 1.80. The van der Waals surface area contributed by atoms with Gasteiger partial charge >= 0.3 is 0 Å². The van der Waals surface area contributed by atoms with E-state index in [1.54, 1.807) is 0 Å². The van der Waals surface area contributed by atoms with Gasteiger partial charge in [0.15, 0.2) is 0 Å². The van der Waals surface area contributed by atoms with E-state index in [1.807, 2.05) is 41.5 Å². The number of hydrogen-bond donors (Lipinski definition) is 1. The molecule has 0 fully saturated rings. The van der Waals surface area contributed by atoms with Crippen LogP contribution in [0.1, 0.15) is 64.1 Å². The first-order valence-electron chi connectivity index (χ1n) is 6.79. The molecule has 17 heavy (non-hydrogen) atoms. The SMILES string of the molecule is CC.CC.CCc1c(C)nc(C)c(O)c1CC. The van der Waals surface area contributed by atoms with E-state index in [4.69, 9.17) is 0 Å². The molecule has 2 nitrogen and oxygen atoms in total. The first kappa shape index (κ1) is 18.3. The lowest BCUT2D eigenvalue weighted by Crippen LogP contribution is -2.00. The molecule has 1 aromatic rings. The molecule has 0 amide bonds. The van der Waals surface area contributed by atoms with Crippen LogP contribution < -0.4 is 0 Å². The van der Waals surface area contributed by atoms with E-state index in [2.05, 4.69) is 18.8 Å². The van der Waals surface area contributed by atoms with E-state index in [0.717, 1.165) is 29.8 Å². The lowest BCUT2D eigenvalue weighted by molar-refractivity contribution is 0.459. The molecule has 0 aliphatic carbocycles. The first-order chi connectivity index (χ1) is 8.11. The van der Waals surface area contributed by atoms with E-state index in [1.165, 1.54) is 5.56 Å². The maximum absolute atomic E-state index is 9.77. The molecular formula is C15H29NO. The van der Waals surface area contributed by atoms with Crippen LogP contribution in [0.5, 0.6) is 5.75 Å². The third-order valence-electron chi connectivity index (χ3n) is 2.47. The van der Waals surface area contributed by atoms with Crippen molar-refractivity contribution in [2.24, 2.45) is 0 Å². The summed E-state index contributed by atoms with van der Waals surface area (Å²) in [5.41, 5.74) is 4.05. The Kier molecular flexibility index (Phi) is 10.9. The number of aryl methyl sites for hydroxylation is 2. The zero-order valence-corrected chi connectivity index (χ0v) is 12.8. The van der Waals surface area contributed by atoms with Crippen LogP contribution in [-0.2, 0) is 12.8 Å². The fourth-order valence-electron chi connectivity index (χ4n) is 1.80. The minimum atomic E-state index is 0.380. The van der Waals surface area contributed by atoms with Crippen LogP contribution in [0, 0.1) is 13.8 Å². The molecular weight excluding hydrogens is 210 g/mol. The van der Waals surface area contributed by atoms with Crippen LogP contribution in [0.15, 0.2) is 0 Å². The Hall–Kier alpha value is -1.05. The molecule has 0 saturated carbocycles. The molecule has 1 aromatic heterocycles. The minimum Gasteiger partial charge on any atom is -0.506 e. The normalized spacial score (nSPS) is 8.71. The summed E-state index contributed by atoms with van der Waals surface area (Å²) in [6.45, 7) is 16.0. The van der Waals surface area contributed by atoms with Crippen molar-refractivity contribution in [3.05, 3.63) is 22.5 Å². The van der Waals surface area contributed by atoms with Gasteiger partial charge in [0.05, 0.1) is 5.69 Å². The molecule has 0 aromatic carbocycles. The highest BCUT2D eigenvalue weighted by Gasteiger charge is 2.11. The molecule has 0 bridgehead atoms. The van der Waals surface area contributed by atoms with Gasteiger partial charge in [-0.05, 0) is 32.3 Å². The van der Waals surface area contributed by atoms with Crippen LogP contribution in [-0.4, -0.2) is 10.1 Å². The van der Waals surface area contributed by atoms with E-state index in [9.17, 15) is 5.11 Å². The standard InChI is InChI=1S/C11H17NO.2C2H6/c1-5-9-7(3)12-8(4)11(13)10(9)6-2;2*1-2/h13H,5-6H2,1-4H3;2*1-2H3. The lowest BCUT2D eigenvalue weighted by Gasteiger charge is -2.12. The van der Waals surface area contributed by atoms with Gasteiger partial charge in [-0.15, -0.1) is 0 Å². The molecule has 0 aliphatic rings. The molecule has 0 spiro atoms. The first-order valence-corrected chi connectivity index (χ1v) is 6.79. The average Bonchev–Trinajstić information content (AvgIpc) is 2.38. The van der Waals surface area contributed by atoms with Crippen LogP contribution in [0.3, 0.4) is 0 Å². The van der Waals surface area contributed by atoms with E-state index < -0.39 is 0 Å². The smallest absolute Gasteiger partial charge is 0.140 e. The topological polar surface area (TPSA) is 33.1 Å². The molecule has 1 rings (SSSR count). The van der Waals surface area contributed by atoms with Gasteiger partial charge in [0.25, 0.3) is 0 Å². The van der Waals surface area contributed by atoms with Crippen molar-refractivity contribution in [2.45, 2.75) is 68.2 Å². The summed E-state index contributed by atoms with van der Waals surface area (Å²) < 4.78 is 0. The third kappa shape index (κ3) is 4.76. The molecule has 0 unspecified atom stereocenters. The van der Waals surface area contributed by atoms with Crippen LogP contribution >= 0.6 is 0 Å². The Balaban J connectivity index is 0. The predicted octanol–water partition coefficient (Wildman–Crippen LogP) is 4.58. The van der Waals surface area contributed by atoms with Crippen molar-refractivity contribution in [1.29, 1.82) is 0 Å². The van der Waals surface area contributed by atoms with Gasteiger partial charge in [-0.1, -0.05) is 41.5 Å². The van der Waals surface area contributed by atoms with E-state index >= 15 is 0 Å². The summed E-state index contributed by atoms with van der Waals surface area (Å²) in [6, 6.07) is 0. The fraction of sp³-hybridized carbons (Fsp3) is 0.667. The maximum Gasteiger partial charge on any atom is 0.140 e. The lowest BCUT2D eigenvalue weighted by atomic mass is 10.00. The Bertz CT molecular complexity index is 319. The summed E-state index contributed by atoms with van der Waals surface area (Å²) in [5.74, 6) is 0.380. The summed E-state index contributed by atoms with van der Waals surface area (Å²) in [6.07, 6.45) is 1.81. The van der Waals surface area contributed by atoms with Gasteiger partial charge in [0.2, 0.25) is 0 Å². The average molecular weight is 239 g/mol. The number of aromatic nitrogens is 1. The Morgan fingerprint density at radius 1 is 0.824 bits per heavy atom. The van der Waals surface area contributed by atoms with E-state index in [0.29, 0.717) is 5.75 Å². The van der Waals surface area contributed by atoms with Gasteiger partial charge in [0.1, 0.15) is 5.75 Å². The largest absolute Gasteiger partial charge is 0.506 e. The molecule has 0 atom stereocenters. The highest BCUT2D eigenvalue weighted by molar-refractivity contribution is 5.43. The van der Waals surface area contributed by atoms with Gasteiger partial charge < -0.3 is 5.11 Å². The zero-order chi connectivity index (χ0) is 14.0. The van der Waals surface area contributed by atoms with Crippen LogP contribution in [0.2, 0.25) is 0 Å². The van der Waals surface area contributed by atoms with Gasteiger partial charge in [-0.2, -0.15) is 0 Å². The van der Waals surface area contributed by atoms with Gasteiger partial charge in [-0.3, -0.25) is 4.98 Å². The van der Waals surface area contributed by atoms with Crippen molar-refractivity contribution in [2.75, 3.05) is 0 Å². The Morgan fingerprint density at radius 2 is 1.24 bits per heavy atom. The minimum absolute atomic E-state index is 0.380. The summed E-state index contributed by atoms with van der Waals surface area (Å²) in [4.78, 5) is 4.30. The molecule has 2 heteroatoms. The number of hydrogen-bond acceptors (Lipinski definition) is 2. The molecule has 0 aliphatic heterocycles. The maximum atomic E-state index is 9.77. The Labute approximate surface area is 107 Å². The monoisotopic (exact) mass is 239 g/mol. The molecule has 0 radical (unpaired) electrons. The second-order valence-electron chi connectivity index (χ2n) is 3.30. The third-order valence-corrected chi connectivity index (χ3v) is 2.47. The van der Waals surface area contributed by atoms with Gasteiger partial charge in [-0.25, -0.2) is 0 Å². The molecule has 1 N–H and O–H groups in total. The van der Waals surface area contributed by atoms with Crippen molar-refractivity contribution in [3.63, 3.8) is 0 Å². The number of pyridine rings is 1. The zero-order valence-electron chi connectivity index (χ0n) is 12.8. The predicted molar refractivity (Wildman–Crippen MR) is 76.8 cm³/mol. The van der Waals surface area contributed by atoms with E-state index in [-0.39, 0.29) is 0 Å². The van der Waals surface area contributed by atoms with Crippen molar-refractivity contribution < 1.29 is 5.11 Å². The number of aromatic hydroxyl groups is 1. The number of nitrogens with zero attached hydrogens (tertiary/aromatic N) is 1. The second kappa shape index (κ2) is 10.1.